The molecule has 0 bridgehead atoms. The molecule has 0 fully saturated rings. The van der Waals surface area contributed by atoms with Gasteiger partial charge in [-0.05, 0) is 24.6 Å². The van der Waals surface area contributed by atoms with E-state index in [-0.39, 0.29) is 5.56 Å². The summed E-state index contributed by atoms with van der Waals surface area (Å²) < 4.78 is 24.8. The van der Waals surface area contributed by atoms with Crippen LogP contribution in [0, 0.1) is 0 Å². The zero-order valence-corrected chi connectivity index (χ0v) is 8.19. The number of phenolic OH excluding ortho intramolecular Hbond substituents is 1. The number of rotatable bonds is 3. The number of aliphatic hydroxyl groups excluding tert-OH is 1. The molecular formula is C10H13F2NO2. The Morgan fingerprint density at radius 3 is 2.40 bits per heavy atom. The van der Waals surface area contributed by atoms with Gasteiger partial charge < -0.3 is 15.9 Å². The minimum atomic E-state index is -2.77. The lowest BCUT2D eigenvalue weighted by Gasteiger charge is -2.16. The molecule has 3 nitrogen and oxygen atoms in total. The molecule has 84 valence electrons. The van der Waals surface area contributed by atoms with Crippen molar-refractivity contribution in [2.45, 2.75) is 25.5 Å². The van der Waals surface area contributed by atoms with E-state index in [1.54, 1.807) is 6.92 Å². The maximum atomic E-state index is 12.4. The van der Waals surface area contributed by atoms with Crippen LogP contribution in [-0.2, 0) is 0 Å². The minimum absolute atomic E-state index is 0.276. The zero-order valence-electron chi connectivity index (χ0n) is 8.19. The van der Waals surface area contributed by atoms with Crippen molar-refractivity contribution in [3.63, 3.8) is 0 Å². The van der Waals surface area contributed by atoms with Gasteiger partial charge in [-0.25, -0.2) is 8.78 Å². The maximum absolute atomic E-state index is 12.4. The first-order valence-electron chi connectivity index (χ1n) is 4.48. The van der Waals surface area contributed by atoms with Crippen molar-refractivity contribution in [2.24, 2.45) is 5.73 Å². The Hall–Kier alpha value is -1.20. The molecule has 1 aromatic rings. The fraction of sp³-hybridized carbons (Fsp3) is 0.400. The second-order valence-electron chi connectivity index (χ2n) is 3.42. The smallest absolute Gasteiger partial charge is 0.267 e. The van der Waals surface area contributed by atoms with Gasteiger partial charge in [-0.1, -0.05) is 6.07 Å². The van der Waals surface area contributed by atoms with Gasteiger partial charge in [-0.3, -0.25) is 0 Å². The third-order valence-electron chi connectivity index (χ3n) is 2.13. The molecule has 0 spiro atoms. The number of aliphatic hydroxyl groups is 1. The van der Waals surface area contributed by atoms with Crippen molar-refractivity contribution in [3.05, 3.63) is 29.3 Å². The Morgan fingerprint density at radius 1 is 1.33 bits per heavy atom. The average Bonchev–Trinajstić information content (AvgIpc) is 2.16. The monoisotopic (exact) mass is 217 g/mol. The predicted octanol–water partition coefficient (Wildman–Crippen LogP) is 1.71. The molecule has 0 aliphatic rings. The van der Waals surface area contributed by atoms with Crippen LogP contribution < -0.4 is 5.73 Å². The molecule has 0 saturated heterocycles. The number of hydrogen-bond acceptors (Lipinski definition) is 3. The van der Waals surface area contributed by atoms with E-state index >= 15 is 0 Å². The normalized spacial score (nSPS) is 15.3. The van der Waals surface area contributed by atoms with E-state index in [1.165, 1.54) is 6.07 Å². The van der Waals surface area contributed by atoms with Gasteiger partial charge in [0, 0.05) is 6.04 Å². The Labute approximate surface area is 86.2 Å². The molecule has 0 radical (unpaired) electrons. The van der Waals surface area contributed by atoms with Crippen LogP contribution in [0.1, 0.15) is 30.6 Å². The molecule has 0 aromatic heterocycles. The third-order valence-corrected chi connectivity index (χ3v) is 2.13. The van der Waals surface area contributed by atoms with Crippen molar-refractivity contribution >= 4 is 0 Å². The van der Waals surface area contributed by atoms with Gasteiger partial charge in [-0.15, -0.1) is 0 Å². The van der Waals surface area contributed by atoms with Crippen LogP contribution in [0.15, 0.2) is 18.2 Å². The second kappa shape index (κ2) is 4.55. The Kier molecular flexibility index (Phi) is 3.60. The first kappa shape index (κ1) is 11.9. The summed E-state index contributed by atoms with van der Waals surface area (Å²) in [5.74, 6) is -0.481. The Bertz CT molecular complexity index is 342. The van der Waals surface area contributed by atoms with Crippen LogP contribution in [-0.4, -0.2) is 16.3 Å². The highest BCUT2D eigenvalue weighted by Gasteiger charge is 2.18. The second-order valence-corrected chi connectivity index (χ2v) is 3.42. The van der Waals surface area contributed by atoms with Crippen molar-refractivity contribution in [1.29, 1.82) is 0 Å². The van der Waals surface area contributed by atoms with Gasteiger partial charge in [0.25, 0.3) is 6.43 Å². The molecule has 0 saturated carbocycles. The SMILES string of the molecule is CC(N)C(O)c1ccc(O)c(C(F)F)c1. The third kappa shape index (κ3) is 2.64. The van der Waals surface area contributed by atoms with Crippen LogP contribution in [0.3, 0.4) is 0 Å². The summed E-state index contributed by atoms with van der Waals surface area (Å²) in [7, 11) is 0. The summed E-state index contributed by atoms with van der Waals surface area (Å²) in [5.41, 5.74) is 5.21. The van der Waals surface area contributed by atoms with Crippen LogP contribution >= 0.6 is 0 Å². The van der Waals surface area contributed by atoms with Gasteiger partial charge in [0.15, 0.2) is 0 Å². The minimum Gasteiger partial charge on any atom is -0.507 e. The molecule has 15 heavy (non-hydrogen) atoms. The number of alkyl halides is 2. The molecule has 0 amide bonds. The van der Waals surface area contributed by atoms with Crippen molar-refractivity contribution in [2.75, 3.05) is 0 Å². The fourth-order valence-corrected chi connectivity index (χ4v) is 1.24. The molecule has 0 heterocycles. The molecule has 1 rings (SSSR count). The zero-order chi connectivity index (χ0) is 11.6. The van der Waals surface area contributed by atoms with E-state index in [2.05, 4.69) is 0 Å². The van der Waals surface area contributed by atoms with Crippen molar-refractivity contribution < 1.29 is 19.0 Å². The number of benzene rings is 1. The summed E-state index contributed by atoms with van der Waals surface area (Å²) >= 11 is 0. The van der Waals surface area contributed by atoms with Gasteiger partial charge in [0.2, 0.25) is 0 Å². The quantitative estimate of drug-likeness (QED) is 0.722. The van der Waals surface area contributed by atoms with Gasteiger partial charge >= 0.3 is 0 Å². The van der Waals surface area contributed by atoms with E-state index in [4.69, 9.17) is 10.8 Å². The number of phenols is 1. The number of nitrogens with two attached hydrogens (primary N) is 1. The molecule has 0 aliphatic heterocycles. The molecule has 4 N–H and O–H groups in total. The highest BCUT2D eigenvalue weighted by atomic mass is 19.3. The molecule has 0 aliphatic carbocycles. The molecule has 2 atom stereocenters. The van der Waals surface area contributed by atoms with Crippen molar-refractivity contribution in [3.8, 4) is 5.75 Å². The summed E-state index contributed by atoms with van der Waals surface area (Å²) in [6, 6.07) is 3.01. The first-order chi connectivity index (χ1) is 6.93. The lowest BCUT2D eigenvalue weighted by Crippen LogP contribution is -2.24. The maximum Gasteiger partial charge on any atom is 0.267 e. The largest absolute Gasteiger partial charge is 0.507 e. The van der Waals surface area contributed by atoms with E-state index in [1.807, 2.05) is 0 Å². The fourth-order valence-electron chi connectivity index (χ4n) is 1.24. The molecular weight excluding hydrogens is 204 g/mol. The lowest BCUT2D eigenvalue weighted by molar-refractivity contribution is 0.142. The van der Waals surface area contributed by atoms with Crippen LogP contribution in [0.25, 0.3) is 0 Å². The highest BCUT2D eigenvalue weighted by molar-refractivity contribution is 5.38. The van der Waals surface area contributed by atoms with Gasteiger partial charge in [0.05, 0.1) is 11.7 Å². The summed E-state index contributed by atoms with van der Waals surface area (Å²) in [4.78, 5) is 0. The van der Waals surface area contributed by atoms with Crippen LogP contribution in [0.5, 0.6) is 5.75 Å². The summed E-state index contributed by atoms with van der Waals surface area (Å²) in [6.45, 7) is 1.57. The van der Waals surface area contributed by atoms with Crippen LogP contribution in [0.2, 0.25) is 0 Å². The van der Waals surface area contributed by atoms with Gasteiger partial charge in [-0.2, -0.15) is 0 Å². The van der Waals surface area contributed by atoms with E-state index in [0.29, 0.717) is 0 Å². The Morgan fingerprint density at radius 2 is 1.93 bits per heavy atom. The predicted molar refractivity (Wildman–Crippen MR) is 51.7 cm³/mol. The van der Waals surface area contributed by atoms with E-state index < -0.39 is 29.9 Å². The van der Waals surface area contributed by atoms with Crippen LogP contribution in [0.4, 0.5) is 8.78 Å². The lowest BCUT2D eigenvalue weighted by atomic mass is 10.0. The number of hydrogen-bond donors (Lipinski definition) is 3. The standard InChI is InChI=1S/C10H13F2NO2/c1-5(13)9(15)6-2-3-8(14)7(4-6)10(11)12/h2-5,9-10,14-15H,13H2,1H3. The molecule has 5 heteroatoms. The topological polar surface area (TPSA) is 66.5 Å². The summed E-state index contributed by atoms with van der Waals surface area (Å²) in [6.07, 6.45) is -3.78. The van der Waals surface area contributed by atoms with Crippen molar-refractivity contribution in [1.82, 2.24) is 0 Å². The summed E-state index contributed by atoms with van der Waals surface area (Å²) in [5, 5.41) is 18.7. The Balaban J connectivity index is 3.07. The number of halogens is 2. The first-order valence-corrected chi connectivity index (χ1v) is 4.48. The molecule has 2 unspecified atom stereocenters. The molecule has 1 aromatic carbocycles. The van der Waals surface area contributed by atoms with E-state index in [0.717, 1.165) is 12.1 Å². The highest BCUT2D eigenvalue weighted by Crippen LogP contribution is 2.30. The van der Waals surface area contributed by atoms with Gasteiger partial charge in [0.1, 0.15) is 5.75 Å². The average molecular weight is 217 g/mol. The van der Waals surface area contributed by atoms with E-state index in [9.17, 15) is 13.9 Å². The number of aromatic hydroxyl groups is 1.